The van der Waals surface area contributed by atoms with Crippen molar-refractivity contribution in [3.63, 3.8) is 0 Å². The summed E-state index contributed by atoms with van der Waals surface area (Å²) in [6.07, 6.45) is 4.54. The van der Waals surface area contributed by atoms with Crippen molar-refractivity contribution in [2.75, 3.05) is 31.5 Å². The fraction of sp³-hybridized carbons (Fsp3) is 0.800. The molecule has 1 saturated carbocycles. The number of likely N-dealkylation sites (N-methyl/N-ethyl adjacent to an activating group) is 1. The SMILES string of the molecule is CCN(CC(=O)Nc1nc(C2CCNCC2)nn1C)C1CC1. The molecule has 0 atom stereocenters. The van der Waals surface area contributed by atoms with Crippen LogP contribution >= 0.6 is 0 Å². The average Bonchev–Trinajstić information content (AvgIpc) is 3.31. The minimum atomic E-state index is 0.00103. The lowest BCUT2D eigenvalue weighted by Crippen LogP contribution is -2.35. The molecule has 0 spiro atoms. The van der Waals surface area contributed by atoms with Crippen molar-refractivity contribution in [2.45, 2.75) is 44.6 Å². The number of aryl methyl sites for hydroxylation is 1. The van der Waals surface area contributed by atoms with Gasteiger partial charge in [-0.15, -0.1) is 0 Å². The number of hydrogen-bond donors (Lipinski definition) is 2. The molecule has 1 aliphatic carbocycles. The predicted molar refractivity (Wildman–Crippen MR) is 84.7 cm³/mol. The number of anilines is 1. The van der Waals surface area contributed by atoms with Gasteiger partial charge in [0.1, 0.15) is 0 Å². The van der Waals surface area contributed by atoms with E-state index in [0.717, 1.165) is 38.3 Å². The lowest BCUT2D eigenvalue weighted by atomic mass is 9.98. The molecule has 22 heavy (non-hydrogen) atoms. The van der Waals surface area contributed by atoms with Gasteiger partial charge in [-0.1, -0.05) is 6.92 Å². The first-order chi connectivity index (χ1) is 10.7. The topological polar surface area (TPSA) is 75.1 Å². The molecule has 122 valence electrons. The maximum absolute atomic E-state index is 12.2. The smallest absolute Gasteiger partial charge is 0.240 e. The molecule has 1 amide bonds. The molecule has 1 aromatic heterocycles. The van der Waals surface area contributed by atoms with Crippen molar-refractivity contribution < 1.29 is 4.79 Å². The van der Waals surface area contributed by atoms with E-state index < -0.39 is 0 Å². The predicted octanol–water partition coefficient (Wildman–Crippen LogP) is 0.705. The number of nitrogens with one attached hydrogen (secondary N) is 2. The third-order valence-electron chi connectivity index (χ3n) is 4.55. The van der Waals surface area contributed by atoms with Crippen molar-refractivity contribution in [1.29, 1.82) is 0 Å². The number of carbonyl (C=O) groups excluding carboxylic acids is 1. The Morgan fingerprint density at radius 3 is 2.73 bits per heavy atom. The van der Waals surface area contributed by atoms with Crippen LogP contribution < -0.4 is 10.6 Å². The summed E-state index contributed by atoms with van der Waals surface area (Å²) in [6, 6.07) is 0.598. The summed E-state index contributed by atoms with van der Waals surface area (Å²) in [5, 5.41) is 10.7. The van der Waals surface area contributed by atoms with Gasteiger partial charge in [-0.25, -0.2) is 4.68 Å². The van der Waals surface area contributed by atoms with Crippen LogP contribution in [0.1, 0.15) is 44.3 Å². The molecule has 0 radical (unpaired) electrons. The molecule has 1 saturated heterocycles. The average molecular weight is 306 g/mol. The third-order valence-corrected chi connectivity index (χ3v) is 4.55. The van der Waals surface area contributed by atoms with E-state index in [1.165, 1.54) is 12.8 Å². The second kappa shape index (κ2) is 6.75. The van der Waals surface area contributed by atoms with Gasteiger partial charge in [0.2, 0.25) is 11.9 Å². The Morgan fingerprint density at radius 2 is 2.09 bits per heavy atom. The molecular formula is C15H26N6O. The number of amides is 1. The number of piperidine rings is 1. The van der Waals surface area contributed by atoms with E-state index in [-0.39, 0.29) is 5.91 Å². The van der Waals surface area contributed by atoms with Crippen molar-refractivity contribution in [1.82, 2.24) is 25.0 Å². The number of rotatable bonds is 6. The number of hydrogen-bond acceptors (Lipinski definition) is 5. The fourth-order valence-electron chi connectivity index (χ4n) is 3.05. The molecule has 2 heterocycles. The third kappa shape index (κ3) is 3.64. The molecule has 0 aromatic carbocycles. The minimum Gasteiger partial charge on any atom is -0.317 e. The molecule has 1 aromatic rings. The molecule has 7 heteroatoms. The molecule has 2 fully saturated rings. The van der Waals surface area contributed by atoms with Gasteiger partial charge in [0.15, 0.2) is 5.82 Å². The van der Waals surface area contributed by atoms with Crippen LogP contribution in [-0.2, 0) is 11.8 Å². The largest absolute Gasteiger partial charge is 0.317 e. The molecule has 7 nitrogen and oxygen atoms in total. The number of nitrogens with zero attached hydrogens (tertiary/aromatic N) is 4. The summed E-state index contributed by atoms with van der Waals surface area (Å²) in [5.74, 6) is 1.82. The zero-order valence-electron chi connectivity index (χ0n) is 13.5. The van der Waals surface area contributed by atoms with Gasteiger partial charge < -0.3 is 5.32 Å². The quantitative estimate of drug-likeness (QED) is 0.809. The van der Waals surface area contributed by atoms with E-state index >= 15 is 0 Å². The fourth-order valence-corrected chi connectivity index (χ4v) is 3.05. The van der Waals surface area contributed by atoms with Crippen LogP contribution in [-0.4, -0.2) is 57.8 Å². The Bertz CT molecular complexity index is 518. The Morgan fingerprint density at radius 1 is 1.36 bits per heavy atom. The van der Waals surface area contributed by atoms with Gasteiger partial charge in [0, 0.05) is 19.0 Å². The standard InChI is InChI=1S/C15H26N6O/c1-3-21(12-4-5-12)10-13(22)17-15-18-14(19-20(15)2)11-6-8-16-9-7-11/h11-12,16H,3-10H2,1-2H3,(H,17,18,19,22). The lowest BCUT2D eigenvalue weighted by Gasteiger charge is -2.19. The molecular weight excluding hydrogens is 280 g/mol. The second-order valence-electron chi connectivity index (χ2n) is 6.28. The number of aromatic nitrogens is 3. The Kier molecular flexibility index (Phi) is 4.73. The molecule has 3 rings (SSSR count). The van der Waals surface area contributed by atoms with Crippen LogP contribution in [0, 0.1) is 0 Å². The Labute approximate surface area is 131 Å². The molecule has 1 aliphatic heterocycles. The first-order valence-electron chi connectivity index (χ1n) is 8.33. The summed E-state index contributed by atoms with van der Waals surface area (Å²) >= 11 is 0. The van der Waals surface area contributed by atoms with Crippen LogP contribution in [0.15, 0.2) is 0 Å². The Balaban J connectivity index is 1.59. The van der Waals surface area contributed by atoms with E-state index in [9.17, 15) is 4.79 Å². The van der Waals surface area contributed by atoms with E-state index in [1.807, 2.05) is 7.05 Å². The van der Waals surface area contributed by atoms with Gasteiger partial charge in [0.05, 0.1) is 6.54 Å². The van der Waals surface area contributed by atoms with Gasteiger partial charge in [0.25, 0.3) is 0 Å². The highest BCUT2D eigenvalue weighted by molar-refractivity contribution is 5.90. The van der Waals surface area contributed by atoms with Crippen molar-refractivity contribution in [2.24, 2.45) is 7.05 Å². The van der Waals surface area contributed by atoms with E-state index in [0.29, 0.717) is 24.5 Å². The van der Waals surface area contributed by atoms with Gasteiger partial charge in [-0.05, 0) is 45.3 Å². The summed E-state index contributed by atoms with van der Waals surface area (Å²) in [4.78, 5) is 19.0. The molecule has 0 unspecified atom stereocenters. The van der Waals surface area contributed by atoms with Crippen LogP contribution in [0.5, 0.6) is 0 Å². The first kappa shape index (κ1) is 15.4. The van der Waals surface area contributed by atoms with Crippen LogP contribution in [0.2, 0.25) is 0 Å². The molecule has 2 N–H and O–H groups in total. The van der Waals surface area contributed by atoms with Gasteiger partial charge in [-0.2, -0.15) is 10.1 Å². The normalized spacial score (nSPS) is 19.6. The van der Waals surface area contributed by atoms with Crippen molar-refractivity contribution in [3.8, 4) is 0 Å². The van der Waals surface area contributed by atoms with Crippen LogP contribution in [0.3, 0.4) is 0 Å². The van der Waals surface area contributed by atoms with Crippen molar-refractivity contribution in [3.05, 3.63) is 5.82 Å². The lowest BCUT2D eigenvalue weighted by molar-refractivity contribution is -0.117. The van der Waals surface area contributed by atoms with Crippen LogP contribution in [0.4, 0.5) is 5.95 Å². The first-order valence-corrected chi connectivity index (χ1v) is 8.33. The van der Waals surface area contributed by atoms with Crippen LogP contribution in [0.25, 0.3) is 0 Å². The molecule has 0 bridgehead atoms. The van der Waals surface area contributed by atoms with Crippen molar-refractivity contribution >= 4 is 11.9 Å². The summed E-state index contributed by atoms with van der Waals surface area (Å²) in [5.41, 5.74) is 0. The second-order valence-corrected chi connectivity index (χ2v) is 6.28. The van der Waals surface area contributed by atoms with E-state index in [2.05, 4.69) is 32.5 Å². The maximum atomic E-state index is 12.2. The maximum Gasteiger partial charge on any atom is 0.240 e. The zero-order chi connectivity index (χ0) is 15.5. The monoisotopic (exact) mass is 306 g/mol. The summed E-state index contributed by atoms with van der Waals surface area (Å²) in [6.45, 7) is 5.48. The van der Waals surface area contributed by atoms with E-state index in [1.54, 1.807) is 4.68 Å². The number of carbonyl (C=O) groups is 1. The van der Waals surface area contributed by atoms with Gasteiger partial charge in [-0.3, -0.25) is 15.0 Å². The Hall–Kier alpha value is -1.47. The van der Waals surface area contributed by atoms with E-state index in [4.69, 9.17) is 0 Å². The highest BCUT2D eigenvalue weighted by atomic mass is 16.2. The highest BCUT2D eigenvalue weighted by Gasteiger charge is 2.29. The zero-order valence-corrected chi connectivity index (χ0v) is 13.5. The highest BCUT2D eigenvalue weighted by Crippen LogP contribution is 2.26. The minimum absolute atomic E-state index is 0.00103. The summed E-state index contributed by atoms with van der Waals surface area (Å²) < 4.78 is 1.68. The summed E-state index contributed by atoms with van der Waals surface area (Å²) in [7, 11) is 1.84. The molecule has 2 aliphatic rings. The van der Waals surface area contributed by atoms with Gasteiger partial charge >= 0.3 is 0 Å².